The summed E-state index contributed by atoms with van der Waals surface area (Å²) in [6.07, 6.45) is 2.95. The molecular weight excluding hydrogens is 469 g/mol. The summed E-state index contributed by atoms with van der Waals surface area (Å²) in [6, 6.07) is 12.2. The van der Waals surface area contributed by atoms with Crippen molar-refractivity contribution >= 4 is 63.2 Å². The zero-order valence-electron chi connectivity index (χ0n) is 17.3. The van der Waals surface area contributed by atoms with Gasteiger partial charge in [-0.25, -0.2) is 0 Å². The highest BCUT2D eigenvalue weighted by molar-refractivity contribution is 7.99. The number of aromatic nitrogens is 4. The second-order valence-electron chi connectivity index (χ2n) is 7.26. The number of rotatable bonds is 8. The monoisotopic (exact) mass is 489 g/mol. The quantitative estimate of drug-likeness (QED) is 0.269. The third kappa shape index (κ3) is 4.62. The first-order valence-electron chi connectivity index (χ1n) is 10.2. The highest BCUT2D eigenvalue weighted by Gasteiger charge is 2.17. The second kappa shape index (κ2) is 9.94. The number of fused-ring (bicyclic) bond motifs is 3. The molecule has 2 aromatic heterocycles. The molecular formula is C22H21Cl2N5O2S. The molecule has 0 bridgehead atoms. The average Bonchev–Trinajstić information content (AvgIpc) is 3.21. The number of aryl methyl sites for hydroxylation is 1. The van der Waals surface area contributed by atoms with E-state index in [4.69, 9.17) is 23.2 Å². The minimum Gasteiger partial charge on any atom is -0.324 e. The van der Waals surface area contributed by atoms with Crippen LogP contribution in [0.1, 0.15) is 26.2 Å². The van der Waals surface area contributed by atoms with E-state index in [1.165, 1.54) is 11.8 Å². The molecule has 0 saturated heterocycles. The zero-order valence-corrected chi connectivity index (χ0v) is 19.7. The summed E-state index contributed by atoms with van der Waals surface area (Å²) in [5.74, 6) is 0.314. The molecule has 0 unspecified atom stereocenters. The molecule has 0 aliphatic rings. The molecule has 32 heavy (non-hydrogen) atoms. The first kappa shape index (κ1) is 22.6. The van der Waals surface area contributed by atoms with Crippen LogP contribution in [-0.2, 0) is 11.3 Å². The Bertz CT molecular complexity index is 1350. The highest BCUT2D eigenvalue weighted by Crippen LogP contribution is 2.26. The van der Waals surface area contributed by atoms with Crippen LogP contribution in [0.2, 0.25) is 10.0 Å². The fourth-order valence-electron chi connectivity index (χ4n) is 3.46. The summed E-state index contributed by atoms with van der Waals surface area (Å²) >= 11 is 13.4. The number of para-hydroxylation sites is 1. The Labute approximate surface area is 198 Å². The van der Waals surface area contributed by atoms with Gasteiger partial charge in [0.2, 0.25) is 11.7 Å². The molecule has 1 N–H and O–H groups in total. The Morgan fingerprint density at radius 2 is 1.94 bits per heavy atom. The number of hydrogen-bond donors (Lipinski definition) is 1. The number of benzene rings is 2. The van der Waals surface area contributed by atoms with Crippen molar-refractivity contribution in [3.05, 3.63) is 62.9 Å². The number of hydrogen-bond acceptors (Lipinski definition) is 5. The van der Waals surface area contributed by atoms with Gasteiger partial charge in [0.15, 0.2) is 5.16 Å². The largest absolute Gasteiger partial charge is 0.324 e. The van der Waals surface area contributed by atoms with Crippen molar-refractivity contribution in [1.82, 2.24) is 19.2 Å². The van der Waals surface area contributed by atoms with Crippen LogP contribution < -0.4 is 10.9 Å². The number of anilines is 1. The van der Waals surface area contributed by atoms with Gasteiger partial charge in [-0.3, -0.25) is 18.6 Å². The standard InChI is InChI=1S/C22H21Cl2N5O2S/c1-2-3-6-11-28-20(31)15-7-4-5-8-18(15)29-21(28)26-27-22(29)32-13-19(30)25-17-12-14(23)9-10-16(17)24/h4-5,7-10,12H,2-3,6,11,13H2,1H3,(H,25,30). The van der Waals surface area contributed by atoms with Crippen molar-refractivity contribution in [1.29, 1.82) is 0 Å². The van der Waals surface area contributed by atoms with E-state index in [1.54, 1.807) is 28.8 Å². The molecule has 0 aliphatic heterocycles. The molecule has 0 saturated carbocycles. The molecule has 0 spiro atoms. The van der Waals surface area contributed by atoms with Crippen LogP contribution in [0.15, 0.2) is 52.4 Å². The number of halogens is 2. The minimum atomic E-state index is -0.253. The van der Waals surface area contributed by atoms with Gasteiger partial charge in [0.25, 0.3) is 5.56 Å². The fraction of sp³-hybridized carbons (Fsp3) is 0.273. The molecule has 0 radical (unpaired) electrons. The Morgan fingerprint density at radius 1 is 1.12 bits per heavy atom. The van der Waals surface area contributed by atoms with E-state index >= 15 is 0 Å². The van der Waals surface area contributed by atoms with Crippen molar-refractivity contribution < 1.29 is 4.79 Å². The summed E-state index contributed by atoms with van der Waals surface area (Å²) in [7, 11) is 0. The molecule has 4 rings (SSSR count). The lowest BCUT2D eigenvalue weighted by Crippen LogP contribution is -2.23. The maximum Gasteiger partial charge on any atom is 0.262 e. The number of carbonyl (C=O) groups is 1. The first-order chi connectivity index (χ1) is 15.5. The van der Waals surface area contributed by atoms with Gasteiger partial charge in [-0.05, 0) is 36.8 Å². The Balaban J connectivity index is 1.64. The molecule has 7 nitrogen and oxygen atoms in total. The van der Waals surface area contributed by atoms with Gasteiger partial charge in [-0.2, -0.15) is 0 Å². The van der Waals surface area contributed by atoms with Crippen LogP contribution in [0.4, 0.5) is 5.69 Å². The Hall–Kier alpha value is -2.55. The van der Waals surface area contributed by atoms with Gasteiger partial charge in [-0.15, -0.1) is 10.2 Å². The van der Waals surface area contributed by atoms with E-state index in [1.807, 2.05) is 22.6 Å². The van der Waals surface area contributed by atoms with Gasteiger partial charge in [0.05, 0.1) is 27.4 Å². The van der Waals surface area contributed by atoms with Gasteiger partial charge in [-0.1, -0.05) is 66.9 Å². The van der Waals surface area contributed by atoms with Crippen molar-refractivity contribution in [2.75, 3.05) is 11.1 Å². The van der Waals surface area contributed by atoms with E-state index in [-0.39, 0.29) is 17.2 Å². The van der Waals surface area contributed by atoms with E-state index in [9.17, 15) is 9.59 Å². The maximum atomic E-state index is 13.1. The fourth-order valence-corrected chi connectivity index (χ4v) is 4.54. The van der Waals surface area contributed by atoms with E-state index in [0.29, 0.717) is 44.1 Å². The van der Waals surface area contributed by atoms with E-state index in [2.05, 4.69) is 22.4 Å². The van der Waals surface area contributed by atoms with E-state index < -0.39 is 0 Å². The number of nitrogens with zero attached hydrogens (tertiary/aromatic N) is 4. The van der Waals surface area contributed by atoms with Gasteiger partial charge in [0.1, 0.15) is 0 Å². The number of unbranched alkanes of at least 4 members (excludes halogenated alkanes) is 2. The first-order valence-corrected chi connectivity index (χ1v) is 12.0. The molecule has 1 amide bonds. The summed E-state index contributed by atoms with van der Waals surface area (Å²) in [5, 5.41) is 13.3. The van der Waals surface area contributed by atoms with Crippen LogP contribution in [0.3, 0.4) is 0 Å². The van der Waals surface area contributed by atoms with Crippen molar-refractivity contribution in [2.24, 2.45) is 0 Å². The van der Waals surface area contributed by atoms with Crippen molar-refractivity contribution in [3.63, 3.8) is 0 Å². The average molecular weight is 490 g/mol. The molecule has 4 aromatic rings. The third-order valence-corrected chi connectivity index (χ3v) is 6.49. The predicted molar refractivity (Wildman–Crippen MR) is 130 cm³/mol. The molecule has 0 fully saturated rings. The number of carbonyl (C=O) groups excluding carboxylic acids is 1. The minimum absolute atomic E-state index is 0.0819. The van der Waals surface area contributed by atoms with Crippen LogP contribution in [0, 0.1) is 0 Å². The number of thioether (sulfide) groups is 1. The maximum absolute atomic E-state index is 13.1. The molecule has 0 aliphatic carbocycles. The van der Waals surface area contributed by atoms with Crippen LogP contribution >= 0.6 is 35.0 Å². The summed E-state index contributed by atoms with van der Waals surface area (Å²) in [5.41, 5.74) is 1.08. The molecule has 2 aromatic carbocycles. The second-order valence-corrected chi connectivity index (χ2v) is 9.05. The summed E-state index contributed by atoms with van der Waals surface area (Å²) in [6.45, 7) is 2.68. The Kier molecular flexibility index (Phi) is 7.03. The van der Waals surface area contributed by atoms with Crippen LogP contribution in [0.25, 0.3) is 16.7 Å². The topological polar surface area (TPSA) is 81.3 Å². The molecule has 10 heteroatoms. The summed E-state index contributed by atoms with van der Waals surface area (Å²) in [4.78, 5) is 25.6. The molecule has 0 atom stereocenters. The molecule has 2 heterocycles. The summed E-state index contributed by atoms with van der Waals surface area (Å²) < 4.78 is 3.51. The number of amides is 1. The predicted octanol–water partition coefficient (Wildman–Crippen LogP) is 5.27. The highest BCUT2D eigenvalue weighted by atomic mass is 35.5. The van der Waals surface area contributed by atoms with Crippen molar-refractivity contribution in [3.8, 4) is 0 Å². The van der Waals surface area contributed by atoms with Gasteiger partial charge < -0.3 is 5.32 Å². The normalized spacial score (nSPS) is 11.3. The van der Waals surface area contributed by atoms with Gasteiger partial charge in [0, 0.05) is 11.6 Å². The lowest BCUT2D eigenvalue weighted by Gasteiger charge is -2.11. The zero-order chi connectivity index (χ0) is 22.7. The SMILES string of the molecule is CCCCCn1c(=O)c2ccccc2n2c(SCC(=O)Nc3cc(Cl)ccc3Cl)nnc12. The van der Waals surface area contributed by atoms with E-state index in [0.717, 1.165) is 19.3 Å². The van der Waals surface area contributed by atoms with Crippen molar-refractivity contribution in [2.45, 2.75) is 37.9 Å². The lowest BCUT2D eigenvalue weighted by molar-refractivity contribution is -0.113. The van der Waals surface area contributed by atoms with Gasteiger partial charge >= 0.3 is 0 Å². The smallest absolute Gasteiger partial charge is 0.262 e. The molecule has 166 valence electrons. The lowest BCUT2D eigenvalue weighted by atomic mass is 10.2. The number of nitrogens with one attached hydrogen (secondary N) is 1. The van der Waals surface area contributed by atoms with Crippen LogP contribution in [-0.4, -0.2) is 30.8 Å². The van der Waals surface area contributed by atoms with Crippen LogP contribution in [0.5, 0.6) is 0 Å². The third-order valence-electron chi connectivity index (χ3n) is 5.00. The Morgan fingerprint density at radius 3 is 2.75 bits per heavy atom.